The highest BCUT2D eigenvalue weighted by Crippen LogP contribution is 2.16. The molecule has 1 heterocycles. The van der Waals surface area contributed by atoms with E-state index in [0.29, 0.717) is 17.8 Å². The maximum Gasteiger partial charge on any atom is 0.220 e. The number of nitrogens with one attached hydrogen (secondary N) is 1. The molecule has 0 aromatic carbocycles. The Morgan fingerprint density at radius 1 is 1.65 bits per heavy atom. The van der Waals surface area contributed by atoms with Crippen LogP contribution in [0.2, 0.25) is 0 Å². The van der Waals surface area contributed by atoms with Crippen LogP contribution in [0.4, 0.5) is 0 Å². The highest BCUT2D eigenvalue weighted by Gasteiger charge is 2.17. The van der Waals surface area contributed by atoms with Crippen LogP contribution in [-0.2, 0) is 9.53 Å². The van der Waals surface area contributed by atoms with Gasteiger partial charge in [-0.2, -0.15) is 0 Å². The summed E-state index contributed by atoms with van der Waals surface area (Å²) in [5.74, 6) is 0.0728. The molecule has 1 saturated heterocycles. The Morgan fingerprint density at radius 2 is 2.41 bits per heavy atom. The van der Waals surface area contributed by atoms with E-state index >= 15 is 0 Å². The quantitative estimate of drug-likeness (QED) is 0.680. The number of hydrogen-bond acceptors (Lipinski definition) is 3. The van der Waals surface area contributed by atoms with Crippen molar-refractivity contribution in [3.8, 4) is 0 Å². The Balaban J connectivity index is 2.19. The number of hydrogen-bond donors (Lipinski definition) is 2. The van der Waals surface area contributed by atoms with Crippen LogP contribution in [0.15, 0.2) is 0 Å². The number of thiocarbonyl (C=S) groups is 1. The highest BCUT2D eigenvalue weighted by molar-refractivity contribution is 7.80. The van der Waals surface area contributed by atoms with Gasteiger partial charge in [-0.15, -0.1) is 0 Å². The van der Waals surface area contributed by atoms with Crippen LogP contribution in [0.3, 0.4) is 0 Å². The van der Waals surface area contributed by atoms with Gasteiger partial charge in [0.25, 0.3) is 0 Å². The van der Waals surface area contributed by atoms with Crippen molar-refractivity contribution >= 4 is 23.1 Å². The van der Waals surface area contributed by atoms with E-state index in [-0.39, 0.29) is 18.1 Å². The Morgan fingerprint density at radius 3 is 2.94 bits per heavy atom. The first-order chi connectivity index (χ1) is 8.11. The monoisotopic (exact) mass is 258 g/mol. The van der Waals surface area contributed by atoms with Gasteiger partial charge in [-0.25, -0.2) is 0 Å². The lowest BCUT2D eigenvalue weighted by molar-refractivity contribution is -0.122. The van der Waals surface area contributed by atoms with Crippen LogP contribution < -0.4 is 11.1 Å². The number of carbonyl (C=O) groups is 1. The Bertz CT molecular complexity index is 265. The van der Waals surface area contributed by atoms with Crippen LogP contribution in [0.25, 0.3) is 0 Å². The van der Waals surface area contributed by atoms with E-state index < -0.39 is 0 Å². The molecule has 0 radical (unpaired) electrons. The van der Waals surface area contributed by atoms with Gasteiger partial charge in [0.15, 0.2) is 0 Å². The van der Waals surface area contributed by atoms with E-state index in [9.17, 15) is 4.79 Å². The van der Waals surface area contributed by atoms with Crippen molar-refractivity contribution in [2.45, 2.75) is 57.6 Å². The van der Waals surface area contributed by atoms with Crippen molar-refractivity contribution in [2.24, 2.45) is 5.73 Å². The molecule has 0 bridgehead atoms. The van der Waals surface area contributed by atoms with Crippen molar-refractivity contribution in [3.05, 3.63) is 0 Å². The second kappa shape index (κ2) is 7.61. The molecule has 2 atom stereocenters. The molecular formula is C12H22N2O2S. The molecule has 5 heteroatoms. The second-order valence-corrected chi connectivity index (χ2v) is 5.04. The maximum absolute atomic E-state index is 11.7. The van der Waals surface area contributed by atoms with E-state index in [1.54, 1.807) is 0 Å². The van der Waals surface area contributed by atoms with Gasteiger partial charge in [0.1, 0.15) is 0 Å². The minimum atomic E-state index is 0.0728. The summed E-state index contributed by atoms with van der Waals surface area (Å²) in [7, 11) is 0. The summed E-state index contributed by atoms with van der Waals surface area (Å²) in [4.78, 5) is 12.2. The van der Waals surface area contributed by atoms with Gasteiger partial charge >= 0.3 is 0 Å². The van der Waals surface area contributed by atoms with Crippen LogP contribution in [0, 0.1) is 0 Å². The van der Waals surface area contributed by atoms with Crippen molar-refractivity contribution in [3.63, 3.8) is 0 Å². The molecule has 0 aromatic heterocycles. The van der Waals surface area contributed by atoms with Crippen molar-refractivity contribution in [2.75, 3.05) is 6.61 Å². The lowest BCUT2D eigenvalue weighted by Gasteiger charge is -2.17. The molecule has 1 rings (SSSR count). The van der Waals surface area contributed by atoms with E-state index in [0.717, 1.165) is 32.3 Å². The van der Waals surface area contributed by atoms with Gasteiger partial charge in [-0.05, 0) is 25.7 Å². The minimum absolute atomic E-state index is 0.0728. The topological polar surface area (TPSA) is 64.3 Å². The zero-order valence-corrected chi connectivity index (χ0v) is 11.2. The molecular weight excluding hydrogens is 236 g/mol. The largest absolute Gasteiger partial charge is 0.393 e. The Hall–Kier alpha value is -0.680. The fraction of sp³-hybridized carbons (Fsp3) is 0.833. The van der Waals surface area contributed by atoms with Crippen LogP contribution in [0.5, 0.6) is 0 Å². The standard InChI is InChI=1S/C12H22N2O2S/c1-2-9(8-11(13)17)14-12(15)6-5-10-4-3-7-16-10/h9-10H,2-8H2,1H3,(H2,13,17)(H,14,15). The molecule has 1 amide bonds. The van der Waals surface area contributed by atoms with Crippen molar-refractivity contribution < 1.29 is 9.53 Å². The average Bonchev–Trinajstić information content (AvgIpc) is 2.77. The average molecular weight is 258 g/mol. The van der Waals surface area contributed by atoms with Gasteiger partial charge in [0.2, 0.25) is 5.91 Å². The smallest absolute Gasteiger partial charge is 0.220 e. The summed E-state index contributed by atoms with van der Waals surface area (Å²) in [5, 5.41) is 2.96. The molecule has 1 aliphatic heterocycles. The molecule has 98 valence electrons. The first kappa shape index (κ1) is 14.4. The molecule has 3 N–H and O–H groups in total. The third-order valence-electron chi connectivity index (χ3n) is 3.02. The molecule has 4 nitrogen and oxygen atoms in total. The lowest BCUT2D eigenvalue weighted by atomic mass is 10.1. The van der Waals surface area contributed by atoms with E-state index in [2.05, 4.69) is 5.32 Å². The third-order valence-corrected chi connectivity index (χ3v) is 3.19. The second-order valence-electron chi connectivity index (χ2n) is 4.52. The number of carbonyl (C=O) groups excluding carboxylic acids is 1. The van der Waals surface area contributed by atoms with Gasteiger partial charge in [0, 0.05) is 25.5 Å². The maximum atomic E-state index is 11.7. The molecule has 0 spiro atoms. The molecule has 0 saturated carbocycles. The molecule has 17 heavy (non-hydrogen) atoms. The van der Waals surface area contributed by atoms with Gasteiger partial charge in [0.05, 0.1) is 11.1 Å². The summed E-state index contributed by atoms with van der Waals surface area (Å²) in [6.07, 6.45) is 5.24. The SMILES string of the molecule is CCC(CC(N)=S)NC(=O)CCC1CCCO1. The highest BCUT2D eigenvalue weighted by atomic mass is 32.1. The summed E-state index contributed by atoms with van der Waals surface area (Å²) < 4.78 is 5.48. The van der Waals surface area contributed by atoms with E-state index in [4.69, 9.17) is 22.7 Å². The molecule has 2 unspecified atom stereocenters. The summed E-state index contributed by atoms with van der Waals surface area (Å²) >= 11 is 4.85. The van der Waals surface area contributed by atoms with Crippen LogP contribution >= 0.6 is 12.2 Å². The number of nitrogens with two attached hydrogens (primary N) is 1. The predicted octanol–water partition coefficient (Wildman–Crippen LogP) is 1.52. The van der Waals surface area contributed by atoms with Crippen LogP contribution in [-0.4, -0.2) is 29.6 Å². The number of amides is 1. The van der Waals surface area contributed by atoms with Crippen molar-refractivity contribution in [1.82, 2.24) is 5.32 Å². The number of rotatable bonds is 7. The fourth-order valence-corrected chi connectivity index (χ4v) is 2.21. The van der Waals surface area contributed by atoms with E-state index in [1.807, 2.05) is 6.92 Å². The van der Waals surface area contributed by atoms with Gasteiger partial charge in [-0.3, -0.25) is 4.79 Å². The fourth-order valence-electron chi connectivity index (χ4n) is 2.00. The normalized spacial score (nSPS) is 21.1. The minimum Gasteiger partial charge on any atom is -0.393 e. The first-order valence-electron chi connectivity index (χ1n) is 6.31. The molecule has 1 aliphatic rings. The Kier molecular flexibility index (Phi) is 6.44. The molecule has 0 aromatic rings. The zero-order valence-electron chi connectivity index (χ0n) is 10.4. The summed E-state index contributed by atoms with van der Waals surface area (Å²) in [6.45, 7) is 2.86. The number of ether oxygens (including phenoxy) is 1. The Labute approximate surface area is 108 Å². The van der Waals surface area contributed by atoms with Crippen molar-refractivity contribution in [1.29, 1.82) is 0 Å². The third kappa shape index (κ3) is 5.98. The molecule has 0 aliphatic carbocycles. The lowest BCUT2D eigenvalue weighted by Crippen LogP contribution is -2.37. The summed E-state index contributed by atoms with van der Waals surface area (Å²) in [5.41, 5.74) is 5.48. The van der Waals surface area contributed by atoms with Gasteiger partial charge < -0.3 is 15.8 Å². The zero-order chi connectivity index (χ0) is 12.7. The van der Waals surface area contributed by atoms with E-state index in [1.165, 1.54) is 0 Å². The predicted molar refractivity (Wildman–Crippen MR) is 71.8 cm³/mol. The first-order valence-corrected chi connectivity index (χ1v) is 6.72. The summed E-state index contributed by atoms with van der Waals surface area (Å²) in [6, 6.07) is 0.0736. The van der Waals surface area contributed by atoms with Crippen LogP contribution in [0.1, 0.15) is 45.4 Å². The molecule has 1 fully saturated rings. The van der Waals surface area contributed by atoms with Gasteiger partial charge in [-0.1, -0.05) is 19.1 Å².